The zero-order valence-corrected chi connectivity index (χ0v) is 15.7. The van der Waals surface area contributed by atoms with Gasteiger partial charge in [0.1, 0.15) is 11.7 Å². The van der Waals surface area contributed by atoms with E-state index in [0.29, 0.717) is 29.6 Å². The molecule has 0 aromatic carbocycles. The second-order valence-electron chi connectivity index (χ2n) is 8.47. The summed E-state index contributed by atoms with van der Waals surface area (Å²) in [5.74, 6) is 2.91. The lowest BCUT2D eigenvalue weighted by Crippen LogP contribution is -2.44. The molecular formula is C19H29N3O3. The zero-order chi connectivity index (χ0) is 18.2. The molecule has 1 aromatic heterocycles. The highest BCUT2D eigenvalue weighted by Gasteiger charge is 2.54. The van der Waals surface area contributed by atoms with Crippen LogP contribution < -0.4 is 10.1 Å². The molecule has 138 valence electrons. The number of hydrogen-bond donors (Lipinski definition) is 1. The zero-order valence-electron chi connectivity index (χ0n) is 15.7. The van der Waals surface area contributed by atoms with Crippen molar-refractivity contribution >= 4 is 6.09 Å². The maximum atomic E-state index is 12.3. The standard InChI is InChI=1S/C19H29N3O3/c1-11-14-8-13(24-16-10-20-6-7-21-16)9-15(12(2)17(11)14)22-18(23)25-19(3,4)5/h6-7,10-15,17H,8-9H2,1-5H3,(H,22,23)/t11-,12+,13-,14?,15?,17?/m0/s1. The van der Waals surface area contributed by atoms with Gasteiger partial charge in [0.05, 0.1) is 6.20 Å². The molecular weight excluding hydrogens is 318 g/mol. The molecule has 1 amide bonds. The van der Waals surface area contributed by atoms with Crippen molar-refractivity contribution in [2.24, 2.45) is 23.7 Å². The first-order valence-electron chi connectivity index (χ1n) is 9.17. The van der Waals surface area contributed by atoms with E-state index in [2.05, 4.69) is 29.1 Å². The lowest BCUT2D eigenvalue weighted by molar-refractivity contribution is 0.0463. The quantitative estimate of drug-likeness (QED) is 0.907. The highest BCUT2D eigenvalue weighted by Crippen LogP contribution is 2.56. The van der Waals surface area contributed by atoms with Crippen molar-refractivity contribution in [3.8, 4) is 5.88 Å². The van der Waals surface area contributed by atoms with Gasteiger partial charge in [0.25, 0.3) is 0 Å². The average molecular weight is 347 g/mol. The van der Waals surface area contributed by atoms with Crippen molar-refractivity contribution in [3.63, 3.8) is 0 Å². The second-order valence-corrected chi connectivity index (χ2v) is 8.47. The molecule has 2 fully saturated rings. The summed E-state index contributed by atoms with van der Waals surface area (Å²) >= 11 is 0. The molecule has 1 aromatic rings. The molecule has 25 heavy (non-hydrogen) atoms. The maximum absolute atomic E-state index is 12.3. The van der Waals surface area contributed by atoms with E-state index in [1.165, 1.54) is 0 Å². The molecule has 2 aliphatic carbocycles. The summed E-state index contributed by atoms with van der Waals surface area (Å²) in [5.41, 5.74) is -0.497. The topological polar surface area (TPSA) is 73.3 Å². The Hall–Kier alpha value is -1.85. The van der Waals surface area contributed by atoms with E-state index in [0.717, 1.165) is 12.8 Å². The Labute approximate surface area is 149 Å². The minimum Gasteiger partial charge on any atom is -0.473 e. The Bertz CT molecular complexity index is 602. The predicted octanol–water partition coefficient (Wildman–Crippen LogP) is 3.43. The van der Waals surface area contributed by atoms with Crippen molar-refractivity contribution < 1.29 is 14.3 Å². The van der Waals surface area contributed by atoms with Crippen LogP contribution in [-0.4, -0.2) is 33.8 Å². The fourth-order valence-electron chi connectivity index (χ4n) is 4.25. The minimum absolute atomic E-state index is 0.0269. The number of amides is 1. The van der Waals surface area contributed by atoms with Crippen LogP contribution in [0.5, 0.6) is 5.88 Å². The van der Waals surface area contributed by atoms with Crippen LogP contribution in [0.3, 0.4) is 0 Å². The normalized spacial score (nSPS) is 34.4. The van der Waals surface area contributed by atoms with E-state index < -0.39 is 5.60 Å². The first-order valence-corrected chi connectivity index (χ1v) is 9.17. The van der Waals surface area contributed by atoms with E-state index in [1.807, 2.05) is 20.8 Å². The Morgan fingerprint density at radius 2 is 1.96 bits per heavy atom. The maximum Gasteiger partial charge on any atom is 0.407 e. The number of nitrogens with zero attached hydrogens (tertiary/aromatic N) is 2. The first-order chi connectivity index (χ1) is 11.7. The Balaban J connectivity index is 1.69. The number of aromatic nitrogens is 2. The fourth-order valence-corrected chi connectivity index (χ4v) is 4.25. The number of nitrogens with one attached hydrogen (secondary N) is 1. The predicted molar refractivity (Wildman–Crippen MR) is 94.1 cm³/mol. The number of hydrogen-bond acceptors (Lipinski definition) is 5. The lowest BCUT2D eigenvalue weighted by atomic mass is 9.92. The number of alkyl carbamates (subject to hydrolysis) is 1. The molecule has 0 radical (unpaired) electrons. The van der Waals surface area contributed by atoms with Gasteiger partial charge in [-0.15, -0.1) is 0 Å². The minimum atomic E-state index is -0.497. The van der Waals surface area contributed by atoms with E-state index in [1.54, 1.807) is 18.6 Å². The van der Waals surface area contributed by atoms with Crippen molar-refractivity contribution in [3.05, 3.63) is 18.6 Å². The van der Waals surface area contributed by atoms with Gasteiger partial charge in [-0.05, 0) is 50.9 Å². The highest BCUT2D eigenvalue weighted by molar-refractivity contribution is 5.68. The Kier molecular flexibility index (Phi) is 4.89. The van der Waals surface area contributed by atoms with Crippen LogP contribution in [0.4, 0.5) is 4.79 Å². The molecule has 0 bridgehead atoms. The van der Waals surface area contributed by atoms with Gasteiger partial charge in [0.15, 0.2) is 0 Å². The van der Waals surface area contributed by atoms with Crippen LogP contribution in [0.1, 0.15) is 47.5 Å². The van der Waals surface area contributed by atoms with Gasteiger partial charge in [0.2, 0.25) is 5.88 Å². The largest absolute Gasteiger partial charge is 0.473 e. The van der Waals surface area contributed by atoms with E-state index >= 15 is 0 Å². The van der Waals surface area contributed by atoms with E-state index in [-0.39, 0.29) is 18.2 Å². The van der Waals surface area contributed by atoms with Gasteiger partial charge in [0, 0.05) is 24.9 Å². The van der Waals surface area contributed by atoms with Gasteiger partial charge < -0.3 is 14.8 Å². The average Bonchev–Trinajstić information content (AvgIpc) is 3.16. The molecule has 3 unspecified atom stereocenters. The smallest absolute Gasteiger partial charge is 0.407 e. The van der Waals surface area contributed by atoms with Gasteiger partial charge >= 0.3 is 6.09 Å². The Morgan fingerprint density at radius 1 is 1.20 bits per heavy atom. The van der Waals surface area contributed by atoms with E-state index in [9.17, 15) is 4.79 Å². The summed E-state index contributed by atoms with van der Waals surface area (Å²) < 4.78 is 11.5. The third-order valence-electron chi connectivity index (χ3n) is 5.46. The monoisotopic (exact) mass is 347 g/mol. The summed E-state index contributed by atoms with van der Waals surface area (Å²) in [5, 5.41) is 3.08. The molecule has 6 nitrogen and oxygen atoms in total. The third-order valence-corrected chi connectivity index (χ3v) is 5.46. The van der Waals surface area contributed by atoms with Crippen molar-refractivity contribution in [2.45, 2.75) is 65.2 Å². The number of fused-ring (bicyclic) bond motifs is 1. The molecule has 6 atom stereocenters. The number of ether oxygens (including phenoxy) is 2. The van der Waals surface area contributed by atoms with E-state index in [4.69, 9.17) is 9.47 Å². The molecule has 3 rings (SSSR count). The summed E-state index contributed by atoms with van der Waals surface area (Å²) in [6, 6.07) is 0.0384. The molecule has 0 spiro atoms. The van der Waals surface area contributed by atoms with Crippen LogP contribution in [0, 0.1) is 23.7 Å². The van der Waals surface area contributed by atoms with Crippen molar-refractivity contribution in [1.82, 2.24) is 15.3 Å². The molecule has 0 saturated heterocycles. The summed E-state index contributed by atoms with van der Waals surface area (Å²) in [6.45, 7) is 10.2. The molecule has 1 heterocycles. The Morgan fingerprint density at radius 3 is 2.60 bits per heavy atom. The van der Waals surface area contributed by atoms with Gasteiger partial charge in [-0.1, -0.05) is 13.8 Å². The number of carbonyl (C=O) groups excluding carboxylic acids is 1. The molecule has 0 aliphatic heterocycles. The number of rotatable bonds is 3. The van der Waals surface area contributed by atoms with Crippen LogP contribution in [0.2, 0.25) is 0 Å². The van der Waals surface area contributed by atoms with Gasteiger partial charge in [-0.3, -0.25) is 4.98 Å². The fraction of sp³-hybridized carbons (Fsp3) is 0.737. The molecule has 1 N–H and O–H groups in total. The van der Waals surface area contributed by atoms with Crippen LogP contribution in [0.25, 0.3) is 0 Å². The SMILES string of the molecule is C[C@@H]1C(NC(=O)OC(C)(C)C)C[C@@H](Oc2cnccn2)CC2C1[C@H]2C. The lowest BCUT2D eigenvalue weighted by Gasteiger charge is -2.29. The summed E-state index contributed by atoms with van der Waals surface area (Å²) in [7, 11) is 0. The van der Waals surface area contributed by atoms with Crippen LogP contribution in [-0.2, 0) is 4.74 Å². The second kappa shape index (κ2) is 6.81. The molecule has 2 aliphatic rings. The van der Waals surface area contributed by atoms with Crippen molar-refractivity contribution in [1.29, 1.82) is 0 Å². The summed E-state index contributed by atoms with van der Waals surface area (Å²) in [4.78, 5) is 20.5. The third kappa shape index (κ3) is 4.41. The van der Waals surface area contributed by atoms with Gasteiger partial charge in [-0.2, -0.15) is 0 Å². The van der Waals surface area contributed by atoms with Crippen molar-refractivity contribution in [2.75, 3.05) is 0 Å². The summed E-state index contributed by atoms with van der Waals surface area (Å²) in [6.07, 6.45) is 6.34. The van der Waals surface area contributed by atoms with Crippen LogP contribution >= 0.6 is 0 Å². The highest BCUT2D eigenvalue weighted by atomic mass is 16.6. The molecule has 2 saturated carbocycles. The van der Waals surface area contributed by atoms with Crippen LogP contribution in [0.15, 0.2) is 18.6 Å². The molecule has 6 heteroatoms. The first kappa shape index (κ1) is 18.0. The number of carbonyl (C=O) groups is 1. The van der Waals surface area contributed by atoms with Gasteiger partial charge in [-0.25, -0.2) is 9.78 Å².